The number of nitrogens with one attached hydrogen (secondary N) is 1. The second-order valence-electron chi connectivity index (χ2n) is 7.16. The lowest BCUT2D eigenvalue weighted by Gasteiger charge is -2.21. The SMILES string of the molecule is CN(C)Cc1nc(NC(=O)OC(C)(C)C)ccc1[C@H]1CCOC1. The third-order valence-electron chi connectivity index (χ3n) is 3.47. The molecule has 1 amide bonds. The molecule has 6 nitrogen and oxygen atoms in total. The molecule has 0 aliphatic carbocycles. The summed E-state index contributed by atoms with van der Waals surface area (Å²) in [6.07, 6.45) is 0.527. The molecule has 0 radical (unpaired) electrons. The number of anilines is 1. The van der Waals surface area contributed by atoms with Gasteiger partial charge in [-0.2, -0.15) is 0 Å². The van der Waals surface area contributed by atoms with Crippen LogP contribution in [0.5, 0.6) is 0 Å². The molecular formula is C17H27N3O3. The van der Waals surface area contributed by atoms with E-state index in [9.17, 15) is 4.79 Å². The van der Waals surface area contributed by atoms with Gasteiger partial charge >= 0.3 is 6.09 Å². The minimum atomic E-state index is -0.530. The molecule has 1 aromatic heterocycles. The summed E-state index contributed by atoms with van der Waals surface area (Å²) in [6, 6.07) is 3.87. The van der Waals surface area contributed by atoms with E-state index in [4.69, 9.17) is 9.47 Å². The van der Waals surface area contributed by atoms with Gasteiger partial charge in [0.1, 0.15) is 11.4 Å². The molecule has 1 atom stereocenters. The molecule has 23 heavy (non-hydrogen) atoms. The molecule has 2 heterocycles. The topological polar surface area (TPSA) is 63.7 Å². The van der Waals surface area contributed by atoms with E-state index in [2.05, 4.69) is 15.2 Å². The Hall–Kier alpha value is -1.66. The maximum Gasteiger partial charge on any atom is 0.413 e. The van der Waals surface area contributed by atoms with Gasteiger partial charge in [-0.15, -0.1) is 0 Å². The molecule has 0 unspecified atom stereocenters. The first kappa shape index (κ1) is 17.7. The second-order valence-corrected chi connectivity index (χ2v) is 7.16. The predicted molar refractivity (Wildman–Crippen MR) is 89.7 cm³/mol. The van der Waals surface area contributed by atoms with Crippen LogP contribution >= 0.6 is 0 Å². The Balaban J connectivity index is 2.16. The van der Waals surface area contributed by atoms with E-state index in [1.54, 1.807) is 0 Å². The Morgan fingerprint density at radius 1 is 1.43 bits per heavy atom. The first-order valence-electron chi connectivity index (χ1n) is 7.97. The van der Waals surface area contributed by atoms with Gasteiger partial charge in [-0.05, 0) is 52.9 Å². The van der Waals surface area contributed by atoms with Crippen molar-refractivity contribution in [3.8, 4) is 0 Å². The van der Waals surface area contributed by atoms with Crippen molar-refractivity contribution in [3.05, 3.63) is 23.4 Å². The molecule has 1 aromatic rings. The van der Waals surface area contributed by atoms with E-state index in [0.717, 1.165) is 31.9 Å². The molecule has 6 heteroatoms. The van der Waals surface area contributed by atoms with Crippen molar-refractivity contribution in [1.29, 1.82) is 0 Å². The lowest BCUT2D eigenvalue weighted by atomic mass is 9.96. The third-order valence-corrected chi connectivity index (χ3v) is 3.47. The number of nitrogens with zero attached hydrogens (tertiary/aromatic N) is 2. The first-order chi connectivity index (χ1) is 10.7. The van der Waals surface area contributed by atoms with Crippen LogP contribution in [-0.2, 0) is 16.0 Å². The van der Waals surface area contributed by atoms with Gasteiger partial charge in [0.2, 0.25) is 0 Å². The molecular weight excluding hydrogens is 294 g/mol. The molecule has 1 aliphatic rings. The zero-order valence-electron chi connectivity index (χ0n) is 14.7. The zero-order valence-corrected chi connectivity index (χ0v) is 14.7. The molecule has 0 spiro atoms. The van der Waals surface area contributed by atoms with Crippen LogP contribution < -0.4 is 5.32 Å². The van der Waals surface area contributed by atoms with Crippen molar-refractivity contribution in [2.45, 2.75) is 45.3 Å². The number of carbonyl (C=O) groups is 1. The van der Waals surface area contributed by atoms with E-state index in [0.29, 0.717) is 11.7 Å². The molecule has 1 saturated heterocycles. The highest BCUT2D eigenvalue weighted by molar-refractivity contribution is 5.83. The van der Waals surface area contributed by atoms with Crippen LogP contribution in [0.1, 0.15) is 44.4 Å². The van der Waals surface area contributed by atoms with Crippen LogP contribution in [0.4, 0.5) is 10.6 Å². The van der Waals surface area contributed by atoms with Gasteiger partial charge in [-0.1, -0.05) is 6.07 Å². The van der Waals surface area contributed by atoms with Crippen LogP contribution in [0.2, 0.25) is 0 Å². The molecule has 2 rings (SSSR count). The largest absolute Gasteiger partial charge is 0.444 e. The highest BCUT2D eigenvalue weighted by atomic mass is 16.6. The highest BCUT2D eigenvalue weighted by Crippen LogP contribution is 2.28. The van der Waals surface area contributed by atoms with Crippen molar-refractivity contribution >= 4 is 11.9 Å². The third kappa shape index (κ3) is 5.48. The number of ether oxygens (including phenoxy) is 2. The van der Waals surface area contributed by atoms with Gasteiger partial charge in [-0.25, -0.2) is 9.78 Å². The van der Waals surface area contributed by atoms with Crippen molar-refractivity contribution in [2.75, 3.05) is 32.6 Å². The molecule has 1 N–H and O–H groups in total. The number of rotatable bonds is 4. The number of hydrogen-bond acceptors (Lipinski definition) is 5. The molecule has 128 valence electrons. The maximum absolute atomic E-state index is 11.9. The molecule has 0 bridgehead atoms. The Labute approximate surface area is 138 Å². The summed E-state index contributed by atoms with van der Waals surface area (Å²) < 4.78 is 10.8. The number of hydrogen-bond donors (Lipinski definition) is 1. The molecule has 1 aliphatic heterocycles. The van der Waals surface area contributed by atoms with E-state index < -0.39 is 11.7 Å². The first-order valence-corrected chi connectivity index (χ1v) is 7.97. The number of amides is 1. The molecule has 0 aromatic carbocycles. The average molecular weight is 321 g/mol. The van der Waals surface area contributed by atoms with Crippen LogP contribution in [0.25, 0.3) is 0 Å². The zero-order chi connectivity index (χ0) is 17.0. The lowest BCUT2D eigenvalue weighted by Crippen LogP contribution is -2.27. The summed E-state index contributed by atoms with van der Waals surface area (Å²) in [6.45, 7) is 7.75. The Morgan fingerprint density at radius 2 is 2.17 bits per heavy atom. The maximum atomic E-state index is 11.9. The normalized spacial score (nSPS) is 18.3. The minimum absolute atomic E-state index is 0.382. The van der Waals surface area contributed by atoms with E-state index in [1.807, 2.05) is 47.0 Å². The van der Waals surface area contributed by atoms with E-state index in [-0.39, 0.29) is 0 Å². The van der Waals surface area contributed by atoms with Gasteiger partial charge in [0, 0.05) is 19.1 Å². The Kier molecular flexibility index (Phi) is 5.59. The highest BCUT2D eigenvalue weighted by Gasteiger charge is 2.22. The minimum Gasteiger partial charge on any atom is -0.444 e. The van der Waals surface area contributed by atoms with Gasteiger partial charge in [-0.3, -0.25) is 5.32 Å². The summed E-state index contributed by atoms with van der Waals surface area (Å²) >= 11 is 0. The quantitative estimate of drug-likeness (QED) is 0.923. The summed E-state index contributed by atoms with van der Waals surface area (Å²) in [5.74, 6) is 0.895. The smallest absolute Gasteiger partial charge is 0.413 e. The number of aromatic nitrogens is 1. The van der Waals surface area contributed by atoms with E-state index >= 15 is 0 Å². The fourth-order valence-corrected chi connectivity index (χ4v) is 2.57. The predicted octanol–water partition coefficient (Wildman–Crippen LogP) is 2.99. The van der Waals surface area contributed by atoms with Gasteiger partial charge in [0.05, 0.1) is 12.3 Å². The Bertz CT molecular complexity index is 547. The van der Waals surface area contributed by atoms with Gasteiger partial charge in [0.15, 0.2) is 0 Å². The van der Waals surface area contributed by atoms with Gasteiger partial charge in [0.25, 0.3) is 0 Å². The monoisotopic (exact) mass is 321 g/mol. The molecule has 1 fully saturated rings. The lowest BCUT2D eigenvalue weighted by molar-refractivity contribution is 0.0635. The van der Waals surface area contributed by atoms with E-state index in [1.165, 1.54) is 5.56 Å². The van der Waals surface area contributed by atoms with Crippen molar-refractivity contribution in [1.82, 2.24) is 9.88 Å². The number of pyridine rings is 1. The van der Waals surface area contributed by atoms with Crippen LogP contribution in [-0.4, -0.2) is 48.9 Å². The van der Waals surface area contributed by atoms with Crippen molar-refractivity contribution in [3.63, 3.8) is 0 Å². The average Bonchev–Trinajstić information content (AvgIpc) is 2.89. The summed E-state index contributed by atoms with van der Waals surface area (Å²) in [5.41, 5.74) is 1.64. The molecule has 0 saturated carbocycles. The van der Waals surface area contributed by atoms with Crippen LogP contribution in [0.3, 0.4) is 0 Å². The fraction of sp³-hybridized carbons (Fsp3) is 0.647. The standard InChI is InChI=1S/C17H27N3O3/c1-17(2,3)23-16(21)19-15-7-6-13(12-8-9-22-11-12)14(18-15)10-20(4)5/h6-7,12H,8-11H2,1-5H3,(H,18,19,21)/t12-/m0/s1. The summed E-state index contributed by atoms with van der Waals surface area (Å²) in [7, 11) is 4.01. The number of carbonyl (C=O) groups excluding carboxylic acids is 1. The summed E-state index contributed by atoms with van der Waals surface area (Å²) in [4.78, 5) is 18.6. The fourth-order valence-electron chi connectivity index (χ4n) is 2.57. The van der Waals surface area contributed by atoms with Gasteiger partial charge < -0.3 is 14.4 Å². The van der Waals surface area contributed by atoms with Crippen molar-refractivity contribution in [2.24, 2.45) is 0 Å². The second kappa shape index (κ2) is 7.27. The summed E-state index contributed by atoms with van der Waals surface area (Å²) in [5, 5.41) is 2.71. The Morgan fingerprint density at radius 3 is 2.74 bits per heavy atom. The van der Waals surface area contributed by atoms with Crippen molar-refractivity contribution < 1.29 is 14.3 Å². The van der Waals surface area contributed by atoms with Crippen LogP contribution in [0, 0.1) is 0 Å². The van der Waals surface area contributed by atoms with Crippen LogP contribution in [0.15, 0.2) is 12.1 Å².